The Balaban J connectivity index is 1.90. The highest BCUT2D eigenvalue weighted by Crippen LogP contribution is 2.25. The molecule has 0 spiro atoms. The SMILES string of the molecule is Cn1nccc1CNC1CCCC1C(N)=O. The van der Waals surface area contributed by atoms with Gasteiger partial charge in [0.15, 0.2) is 0 Å². The highest BCUT2D eigenvalue weighted by Gasteiger charge is 2.30. The Labute approximate surface area is 95.0 Å². The minimum Gasteiger partial charge on any atom is -0.369 e. The Morgan fingerprint density at radius 3 is 3.12 bits per heavy atom. The molecule has 16 heavy (non-hydrogen) atoms. The Bertz CT molecular complexity index is 374. The molecule has 1 saturated carbocycles. The van der Waals surface area contributed by atoms with Gasteiger partial charge in [-0.15, -0.1) is 0 Å². The Morgan fingerprint density at radius 1 is 1.69 bits per heavy atom. The topological polar surface area (TPSA) is 72.9 Å². The molecule has 0 bridgehead atoms. The van der Waals surface area contributed by atoms with E-state index in [1.54, 1.807) is 6.20 Å². The number of carbonyl (C=O) groups is 1. The number of amides is 1. The van der Waals surface area contributed by atoms with Gasteiger partial charge in [0.05, 0.1) is 11.6 Å². The first-order valence-corrected chi connectivity index (χ1v) is 5.68. The maximum Gasteiger partial charge on any atom is 0.222 e. The van der Waals surface area contributed by atoms with Gasteiger partial charge < -0.3 is 11.1 Å². The summed E-state index contributed by atoms with van der Waals surface area (Å²) in [6, 6.07) is 2.20. The normalized spacial score (nSPS) is 24.8. The molecule has 0 radical (unpaired) electrons. The molecule has 1 fully saturated rings. The van der Waals surface area contributed by atoms with Gasteiger partial charge in [0.25, 0.3) is 0 Å². The van der Waals surface area contributed by atoms with Crippen LogP contribution in [0.1, 0.15) is 25.0 Å². The van der Waals surface area contributed by atoms with Crippen LogP contribution in [0.25, 0.3) is 0 Å². The number of hydrogen-bond donors (Lipinski definition) is 2. The number of aryl methyl sites for hydroxylation is 1. The van der Waals surface area contributed by atoms with Gasteiger partial charge in [-0.1, -0.05) is 6.42 Å². The maximum atomic E-state index is 11.2. The predicted octanol–water partition coefficient (Wildman–Crippen LogP) is 0.164. The Morgan fingerprint density at radius 2 is 2.50 bits per heavy atom. The van der Waals surface area contributed by atoms with Crippen LogP contribution in [0.2, 0.25) is 0 Å². The van der Waals surface area contributed by atoms with E-state index < -0.39 is 0 Å². The van der Waals surface area contributed by atoms with Crippen molar-refractivity contribution in [1.29, 1.82) is 0 Å². The first-order valence-electron chi connectivity index (χ1n) is 5.68. The third-order valence-electron chi connectivity index (χ3n) is 3.35. The number of nitrogens with two attached hydrogens (primary N) is 1. The van der Waals surface area contributed by atoms with Crippen molar-refractivity contribution in [3.8, 4) is 0 Å². The Kier molecular flexibility index (Phi) is 3.24. The summed E-state index contributed by atoms with van der Waals surface area (Å²) >= 11 is 0. The smallest absolute Gasteiger partial charge is 0.222 e. The summed E-state index contributed by atoms with van der Waals surface area (Å²) in [5.74, 6) is -0.187. The lowest BCUT2D eigenvalue weighted by molar-refractivity contribution is -0.122. The van der Waals surface area contributed by atoms with E-state index in [1.165, 1.54) is 0 Å². The van der Waals surface area contributed by atoms with Crippen LogP contribution in [0.3, 0.4) is 0 Å². The van der Waals surface area contributed by atoms with Gasteiger partial charge in [-0.2, -0.15) is 5.10 Å². The summed E-state index contributed by atoms with van der Waals surface area (Å²) in [5, 5.41) is 7.50. The van der Waals surface area contributed by atoms with E-state index in [1.807, 2.05) is 17.8 Å². The molecule has 1 aliphatic rings. The first kappa shape index (κ1) is 11.1. The third-order valence-corrected chi connectivity index (χ3v) is 3.35. The predicted molar refractivity (Wildman–Crippen MR) is 60.4 cm³/mol. The van der Waals surface area contributed by atoms with Crippen LogP contribution in [0.5, 0.6) is 0 Å². The number of nitrogens with one attached hydrogen (secondary N) is 1. The van der Waals surface area contributed by atoms with Crippen LogP contribution in [0, 0.1) is 5.92 Å². The second-order valence-electron chi connectivity index (χ2n) is 4.37. The molecule has 1 aromatic heterocycles. The van der Waals surface area contributed by atoms with Crippen LogP contribution in [0.4, 0.5) is 0 Å². The van der Waals surface area contributed by atoms with E-state index in [-0.39, 0.29) is 17.9 Å². The average Bonchev–Trinajstić information content (AvgIpc) is 2.83. The molecule has 2 unspecified atom stereocenters. The zero-order valence-corrected chi connectivity index (χ0v) is 9.52. The fourth-order valence-electron chi connectivity index (χ4n) is 2.36. The van der Waals surface area contributed by atoms with Crippen LogP contribution in [-0.2, 0) is 18.4 Å². The Hall–Kier alpha value is -1.36. The fraction of sp³-hybridized carbons (Fsp3) is 0.636. The minimum absolute atomic E-state index is 0.00627. The van der Waals surface area contributed by atoms with Crippen molar-refractivity contribution in [2.75, 3.05) is 0 Å². The van der Waals surface area contributed by atoms with Crippen molar-refractivity contribution in [3.05, 3.63) is 18.0 Å². The second-order valence-corrected chi connectivity index (χ2v) is 4.37. The first-order chi connectivity index (χ1) is 7.68. The lowest BCUT2D eigenvalue weighted by atomic mass is 10.0. The number of rotatable bonds is 4. The number of primary amides is 1. The van der Waals surface area contributed by atoms with Crippen molar-refractivity contribution in [3.63, 3.8) is 0 Å². The van der Waals surface area contributed by atoms with E-state index in [0.29, 0.717) is 0 Å². The van der Waals surface area contributed by atoms with E-state index in [9.17, 15) is 4.79 Å². The molecule has 1 heterocycles. The van der Waals surface area contributed by atoms with Gasteiger partial charge >= 0.3 is 0 Å². The molecule has 2 atom stereocenters. The van der Waals surface area contributed by atoms with Crippen molar-refractivity contribution >= 4 is 5.91 Å². The molecule has 5 heteroatoms. The van der Waals surface area contributed by atoms with Gasteiger partial charge in [-0.05, 0) is 18.9 Å². The number of nitrogens with zero attached hydrogens (tertiary/aromatic N) is 2. The molecule has 3 N–H and O–H groups in total. The van der Waals surface area contributed by atoms with Crippen LogP contribution in [-0.4, -0.2) is 21.7 Å². The van der Waals surface area contributed by atoms with Gasteiger partial charge in [0.2, 0.25) is 5.91 Å². The molecule has 1 amide bonds. The molecule has 0 aromatic carbocycles. The molecule has 0 aliphatic heterocycles. The van der Waals surface area contributed by atoms with Crippen molar-refractivity contribution in [1.82, 2.24) is 15.1 Å². The average molecular weight is 222 g/mol. The highest BCUT2D eigenvalue weighted by atomic mass is 16.1. The monoisotopic (exact) mass is 222 g/mol. The van der Waals surface area contributed by atoms with E-state index in [2.05, 4.69) is 10.4 Å². The van der Waals surface area contributed by atoms with E-state index >= 15 is 0 Å². The molecule has 88 valence electrons. The summed E-state index contributed by atoms with van der Waals surface area (Å²) in [7, 11) is 1.91. The van der Waals surface area contributed by atoms with Crippen molar-refractivity contribution in [2.45, 2.75) is 31.8 Å². The lowest BCUT2D eigenvalue weighted by Gasteiger charge is -2.18. The molecule has 5 nitrogen and oxygen atoms in total. The molecule has 1 aliphatic carbocycles. The molecular weight excluding hydrogens is 204 g/mol. The number of hydrogen-bond acceptors (Lipinski definition) is 3. The summed E-state index contributed by atoms with van der Waals surface area (Å²) in [6.07, 6.45) is 4.80. The quantitative estimate of drug-likeness (QED) is 0.762. The molecule has 1 aromatic rings. The summed E-state index contributed by atoms with van der Waals surface area (Å²) in [6.45, 7) is 0.741. The molecule has 0 saturated heterocycles. The van der Waals surface area contributed by atoms with Gasteiger partial charge in [0, 0.05) is 25.8 Å². The second kappa shape index (κ2) is 4.65. The third kappa shape index (κ3) is 2.24. The van der Waals surface area contributed by atoms with Gasteiger partial charge in [-0.3, -0.25) is 9.48 Å². The minimum atomic E-state index is -0.181. The maximum absolute atomic E-state index is 11.2. The van der Waals surface area contributed by atoms with Crippen LogP contribution >= 0.6 is 0 Å². The van der Waals surface area contributed by atoms with E-state index in [0.717, 1.165) is 31.5 Å². The molecule has 2 rings (SSSR count). The van der Waals surface area contributed by atoms with Gasteiger partial charge in [0.1, 0.15) is 0 Å². The summed E-state index contributed by atoms with van der Waals surface area (Å²) in [5.41, 5.74) is 6.49. The molecular formula is C11H18N4O. The van der Waals surface area contributed by atoms with Crippen LogP contribution in [0.15, 0.2) is 12.3 Å². The van der Waals surface area contributed by atoms with Crippen molar-refractivity contribution < 1.29 is 4.79 Å². The standard InChI is InChI=1S/C11H18N4O/c1-15-8(5-6-14-15)7-13-10-4-2-3-9(10)11(12)16/h5-6,9-10,13H,2-4,7H2,1H3,(H2,12,16). The largest absolute Gasteiger partial charge is 0.369 e. The zero-order valence-electron chi connectivity index (χ0n) is 9.52. The van der Waals surface area contributed by atoms with Gasteiger partial charge in [-0.25, -0.2) is 0 Å². The van der Waals surface area contributed by atoms with Crippen LogP contribution < -0.4 is 11.1 Å². The van der Waals surface area contributed by atoms with Crippen molar-refractivity contribution in [2.24, 2.45) is 18.7 Å². The highest BCUT2D eigenvalue weighted by molar-refractivity contribution is 5.77. The summed E-state index contributed by atoms with van der Waals surface area (Å²) in [4.78, 5) is 11.2. The summed E-state index contributed by atoms with van der Waals surface area (Å²) < 4.78 is 1.83. The zero-order chi connectivity index (χ0) is 11.5. The fourth-order valence-corrected chi connectivity index (χ4v) is 2.36. The number of carbonyl (C=O) groups excluding carboxylic acids is 1. The number of aromatic nitrogens is 2. The van der Waals surface area contributed by atoms with E-state index in [4.69, 9.17) is 5.73 Å². The lowest BCUT2D eigenvalue weighted by Crippen LogP contribution is -2.39.